The molecule has 0 radical (unpaired) electrons. The SMILES string of the molecule is O=C(O)C1CCC(O)(CNc2ccc(F)c(Br)c2)CC1. The van der Waals surface area contributed by atoms with Gasteiger partial charge in [0.25, 0.3) is 0 Å². The summed E-state index contributed by atoms with van der Waals surface area (Å²) in [5.41, 5.74) is -0.181. The lowest BCUT2D eigenvalue weighted by molar-refractivity contribution is -0.144. The number of anilines is 1. The zero-order chi connectivity index (χ0) is 14.8. The Bertz CT molecular complexity index is 501. The Kier molecular flexibility index (Phi) is 4.65. The van der Waals surface area contributed by atoms with E-state index in [-0.39, 0.29) is 11.7 Å². The topological polar surface area (TPSA) is 69.6 Å². The molecule has 20 heavy (non-hydrogen) atoms. The number of carboxylic acid groups (broad SMARTS) is 1. The first-order valence-corrected chi connectivity index (χ1v) is 7.33. The standard InChI is InChI=1S/C14H17BrFNO3/c15-11-7-10(1-2-12(11)16)17-8-14(20)5-3-9(4-6-14)13(18)19/h1-2,7,9,17,20H,3-6,8H2,(H,18,19). The van der Waals surface area contributed by atoms with Crippen LogP contribution >= 0.6 is 15.9 Å². The minimum absolute atomic E-state index is 0.331. The Morgan fingerprint density at radius 2 is 2.10 bits per heavy atom. The molecule has 1 aromatic carbocycles. The van der Waals surface area contributed by atoms with Crippen molar-refractivity contribution in [1.82, 2.24) is 0 Å². The third kappa shape index (κ3) is 3.70. The predicted octanol–water partition coefficient (Wildman–Crippen LogP) is 3.01. The summed E-state index contributed by atoms with van der Waals surface area (Å²) in [5, 5.41) is 22.4. The largest absolute Gasteiger partial charge is 0.481 e. The van der Waals surface area contributed by atoms with Gasteiger partial charge in [0.1, 0.15) is 5.82 Å². The Morgan fingerprint density at radius 1 is 1.45 bits per heavy atom. The van der Waals surface area contributed by atoms with Crippen molar-refractivity contribution in [2.75, 3.05) is 11.9 Å². The molecule has 0 unspecified atom stereocenters. The van der Waals surface area contributed by atoms with E-state index in [1.165, 1.54) is 6.07 Å². The molecule has 0 atom stereocenters. The molecular formula is C14H17BrFNO3. The monoisotopic (exact) mass is 345 g/mol. The third-order valence-electron chi connectivity index (χ3n) is 3.81. The van der Waals surface area contributed by atoms with Crippen LogP contribution in [0.25, 0.3) is 0 Å². The lowest BCUT2D eigenvalue weighted by Gasteiger charge is -2.35. The average molecular weight is 346 g/mol. The summed E-state index contributed by atoms with van der Waals surface area (Å²) in [5.74, 6) is -1.48. The molecule has 1 saturated carbocycles. The fourth-order valence-electron chi connectivity index (χ4n) is 2.45. The Labute approximate surface area is 125 Å². The lowest BCUT2D eigenvalue weighted by atomic mass is 9.79. The molecule has 0 bridgehead atoms. The highest BCUT2D eigenvalue weighted by molar-refractivity contribution is 9.10. The first-order chi connectivity index (χ1) is 9.39. The fraction of sp³-hybridized carbons (Fsp3) is 0.500. The van der Waals surface area contributed by atoms with Crippen molar-refractivity contribution < 1.29 is 19.4 Å². The molecule has 0 amide bonds. The Hall–Kier alpha value is -1.14. The number of halogens is 2. The second-order valence-corrected chi connectivity index (χ2v) is 6.17. The molecule has 0 aromatic heterocycles. The summed E-state index contributed by atoms with van der Waals surface area (Å²) in [7, 11) is 0. The lowest BCUT2D eigenvalue weighted by Crippen LogP contribution is -2.41. The number of hydrogen-bond acceptors (Lipinski definition) is 3. The number of rotatable bonds is 4. The van der Waals surface area contributed by atoms with Crippen molar-refractivity contribution in [3.05, 3.63) is 28.5 Å². The maximum absolute atomic E-state index is 13.1. The van der Waals surface area contributed by atoms with E-state index in [2.05, 4.69) is 21.2 Å². The van der Waals surface area contributed by atoms with Crippen LogP contribution in [0.2, 0.25) is 0 Å². The van der Waals surface area contributed by atoms with Gasteiger partial charge in [-0.15, -0.1) is 0 Å². The van der Waals surface area contributed by atoms with Gasteiger partial charge in [-0.1, -0.05) is 0 Å². The smallest absolute Gasteiger partial charge is 0.306 e. The average Bonchev–Trinajstić information content (AvgIpc) is 2.41. The summed E-state index contributed by atoms with van der Waals surface area (Å²) in [6, 6.07) is 4.56. The van der Waals surface area contributed by atoms with Gasteiger partial charge in [0, 0.05) is 12.2 Å². The van der Waals surface area contributed by atoms with Crippen molar-refractivity contribution in [3.8, 4) is 0 Å². The van der Waals surface area contributed by atoms with Gasteiger partial charge in [0.15, 0.2) is 0 Å². The van der Waals surface area contributed by atoms with Crippen molar-refractivity contribution in [2.24, 2.45) is 5.92 Å². The van der Waals surface area contributed by atoms with E-state index in [0.717, 1.165) is 0 Å². The summed E-state index contributed by atoms with van der Waals surface area (Å²) in [6.45, 7) is 0.331. The van der Waals surface area contributed by atoms with E-state index >= 15 is 0 Å². The maximum Gasteiger partial charge on any atom is 0.306 e. The molecule has 0 aliphatic heterocycles. The van der Waals surface area contributed by atoms with Crippen LogP contribution in [0.3, 0.4) is 0 Å². The predicted molar refractivity (Wildman–Crippen MR) is 77.1 cm³/mol. The molecule has 110 valence electrons. The molecule has 1 aliphatic rings. The first-order valence-electron chi connectivity index (χ1n) is 6.54. The van der Waals surface area contributed by atoms with Gasteiger partial charge >= 0.3 is 5.97 Å². The minimum Gasteiger partial charge on any atom is -0.481 e. The highest BCUT2D eigenvalue weighted by Gasteiger charge is 2.35. The van der Waals surface area contributed by atoms with Crippen molar-refractivity contribution in [3.63, 3.8) is 0 Å². The number of carbonyl (C=O) groups is 1. The zero-order valence-corrected chi connectivity index (χ0v) is 12.5. The van der Waals surface area contributed by atoms with Gasteiger partial charge in [0.05, 0.1) is 16.0 Å². The van der Waals surface area contributed by atoms with Crippen LogP contribution in [0.5, 0.6) is 0 Å². The molecule has 2 rings (SSSR count). The van der Waals surface area contributed by atoms with Crippen molar-refractivity contribution in [1.29, 1.82) is 0 Å². The van der Waals surface area contributed by atoms with Crippen LogP contribution in [0.4, 0.5) is 10.1 Å². The molecule has 0 heterocycles. The van der Waals surface area contributed by atoms with E-state index in [9.17, 15) is 14.3 Å². The minimum atomic E-state index is -0.896. The van der Waals surface area contributed by atoms with Crippen LogP contribution in [-0.2, 0) is 4.79 Å². The number of nitrogens with one attached hydrogen (secondary N) is 1. The number of hydrogen-bond donors (Lipinski definition) is 3. The first kappa shape index (κ1) is 15.3. The third-order valence-corrected chi connectivity index (χ3v) is 4.41. The van der Waals surface area contributed by atoms with E-state index in [0.29, 0.717) is 42.4 Å². The Balaban J connectivity index is 1.90. The van der Waals surface area contributed by atoms with E-state index in [1.54, 1.807) is 12.1 Å². The van der Waals surface area contributed by atoms with Crippen LogP contribution in [0, 0.1) is 11.7 Å². The van der Waals surface area contributed by atoms with E-state index < -0.39 is 11.6 Å². The molecule has 6 heteroatoms. The molecule has 1 aliphatic carbocycles. The molecule has 3 N–H and O–H groups in total. The van der Waals surface area contributed by atoms with E-state index in [4.69, 9.17) is 5.11 Å². The van der Waals surface area contributed by atoms with Gasteiger partial charge < -0.3 is 15.5 Å². The van der Waals surface area contributed by atoms with Gasteiger partial charge in [0.2, 0.25) is 0 Å². The van der Waals surface area contributed by atoms with Crippen molar-refractivity contribution >= 4 is 27.6 Å². The number of carboxylic acids is 1. The maximum atomic E-state index is 13.1. The Morgan fingerprint density at radius 3 is 2.65 bits per heavy atom. The van der Waals surface area contributed by atoms with Crippen LogP contribution in [0.1, 0.15) is 25.7 Å². The number of aliphatic carboxylic acids is 1. The van der Waals surface area contributed by atoms with Crippen LogP contribution in [-0.4, -0.2) is 28.3 Å². The van der Waals surface area contributed by atoms with E-state index in [1.807, 2.05) is 0 Å². The molecule has 4 nitrogen and oxygen atoms in total. The number of benzene rings is 1. The highest BCUT2D eigenvalue weighted by Crippen LogP contribution is 2.32. The normalized spacial score (nSPS) is 26.2. The highest BCUT2D eigenvalue weighted by atomic mass is 79.9. The van der Waals surface area contributed by atoms with Gasteiger partial charge in [-0.3, -0.25) is 4.79 Å². The van der Waals surface area contributed by atoms with Crippen LogP contribution in [0.15, 0.2) is 22.7 Å². The van der Waals surface area contributed by atoms with Gasteiger partial charge in [-0.05, 0) is 59.8 Å². The summed E-state index contributed by atoms with van der Waals surface area (Å²) < 4.78 is 13.5. The summed E-state index contributed by atoms with van der Waals surface area (Å²) in [6.07, 6.45) is 1.89. The van der Waals surface area contributed by atoms with Crippen LogP contribution < -0.4 is 5.32 Å². The molecule has 1 fully saturated rings. The molecule has 0 spiro atoms. The number of aliphatic hydroxyl groups is 1. The van der Waals surface area contributed by atoms with Gasteiger partial charge in [-0.25, -0.2) is 4.39 Å². The van der Waals surface area contributed by atoms with Crippen molar-refractivity contribution in [2.45, 2.75) is 31.3 Å². The quantitative estimate of drug-likeness (QED) is 0.784. The molecular weight excluding hydrogens is 329 g/mol. The zero-order valence-electron chi connectivity index (χ0n) is 10.9. The summed E-state index contributed by atoms with van der Waals surface area (Å²) in [4.78, 5) is 10.9. The summed E-state index contributed by atoms with van der Waals surface area (Å²) >= 11 is 3.11. The second-order valence-electron chi connectivity index (χ2n) is 5.32. The second kappa shape index (κ2) is 6.10. The molecule has 1 aromatic rings. The van der Waals surface area contributed by atoms with Gasteiger partial charge in [-0.2, -0.15) is 0 Å². The fourth-order valence-corrected chi connectivity index (χ4v) is 2.83. The molecule has 0 saturated heterocycles.